The molecule has 176 valence electrons. The molecular weight excluding hydrogens is 498 g/mol. The normalized spacial score (nSPS) is 20.2. The minimum absolute atomic E-state index is 0.116. The van der Waals surface area contributed by atoms with Gasteiger partial charge < -0.3 is 10.1 Å². The van der Waals surface area contributed by atoms with E-state index in [0.29, 0.717) is 0 Å². The van der Waals surface area contributed by atoms with Crippen LogP contribution < -0.4 is 10.1 Å². The maximum atomic E-state index is 14.1. The van der Waals surface area contributed by atoms with Gasteiger partial charge in [0.05, 0.1) is 7.11 Å². The lowest BCUT2D eigenvalue weighted by Crippen LogP contribution is -2.37. The Morgan fingerprint density at radius 3 is 2.31 bits per heavy atom. The van der Waals surface area contributed by atoms with Crippen LogP contribution in [0.4, 0.5) is 0 Å². The van der Waals surface area contributed by atoms with Crippen LogP contribution in [0.2, 0.25) is 0 Å². The van der Waals surface area contributed by atoms with Gasteiger partial charge in [-0.25, -0.2) is 0 Å². The second kappa shape index (κ2) is 9.35. The molecule has 0 fully saturated rings. The second-order valence-corrected chi connectivity index (χ2v) is 10.6. The highest BCUT2D eigenvalue weighted by Gasteiger charge is 2.42. The first-order chi connectivity index (χ1) is 16.9. The Kier molecular flexibility index (Phi) is 6.24. The van der Waals surface area contributed by atoms with E-state index in [1.165, 1.54) is 0 Å². The number of hydrogen-bond donors (Lipinski definition) is 1. The Morgan fingerprint density at radius 1 is 0.971 bits per heavy atom. The number of carbonyl (C=O) groups is 1. The molecule has 0 saturated heterocycles. The van der Waals surface area contributed by atoms with Gasteiger partial charge in [-0.3, -0.25) is 4.79 Å². The van der Waals surface area contributed by atoms with Crippen molar-refractivity contribution in [2.75, 3.05) is 7.11 Å². The zero-order chi connectivity index (χ0) is 24.6. The van der Waals surface area contributed by atoms with Crippen LogP contribution in [0.25, 0.3) is 11.8 Å². The van der Waals surface area contributed by atoms with Crippen LogP contribution >= 0.6 is 15.9 Å². The number of ether oxygens (including phenoxy) is 1. The van der Waals surface area contributed by atoms with Crippen LogP contribution in [-0.4, -0.2) is 12.9 Å². The number of methoxy groups -OCH3 is 1. The third kappa shape index (κ3) is 4.63. The Morgan fingerprint density at radius 2 is 1.66 bits per heavy atom. The van der Waals surface area contributed by atoms with E-state index in [-0.39, 0.29) is 17.1 Å². The topological polar surface area (TPSA) is 38.3 Å². The molecule has 2 aliphatic rings. The van der Waals surface area contributed by atoms with E-state index in [1.807, 2.05) is 54.6 Å². The number of ketones is 1. The number of benzene rings is 3. The van der Waals surface area contributed by atoms with Crippen molar-refractivity contribution in [2.45, 2.75) is 26.2 Å². The maximum absolute atomic E-state index is 14.1. The third-order valence-corrected chi connectivity index (χ3v) is 7.36. The lowest BCUT2D eigenvalue weighted by atomic mass is 9.67. The summed E-state index contributed by atoms with van der Waals surface area (Å²) >= 11 is 3.55. The van der Waals surface area contributed by atoms with Gasteiger partial charge in [-0.1, -0.05) is 72.2 Å². The first-order valence-corrected chi connectivity index (χ1v) is 12.6. The van der Waals surface area contributed by atoms with Crippen LogP contribution in [-0.2, 0) is 4.79 Å². The van der Waals surface area contributed by atoms with Crippen LogP contribution in [0, 0.1) is 5.41 Å². The monoisotopic (exact) mass is 525 g/mol. The molecule has 0 amide bonds. The molecule has 1 heterocycles. The molecule has 5 rings (SSSR count). The molecule has 0 saturated carbocycles. The van der Waals surface area contributed by atoms with Crippen LogP contribution in [0.3, 0.4) is 0 Å². The molecule has 1 aliphatic carbocycles. The van der Waals surface area contributed by atoms with Gasteiger partial charge >= 0.3 is 0 Å². The van der Waals surface area contributed by atoms with Crippen molar-refractivity contribution >= 4 is 33.5 Å². The predicted octanol–water partition coefficient (Wildman–Crippen LogP) is 7.52. The van der Waals surface area contributed by atoms with E-state index in [2.05, 4.69) is 71.5 Å². The van der Waals surface area contributed by atoms with Gasteiger partial charge in [0, 0.05) is 32.9 Å². The van der Waals surface area contributed by atoms with Crippen molar-refractivity contribution in [3.63, 3.8) is 0 Å². The van der Waals surface area contributed by atoms with E-state index < -0.39 is 0 Å². The fourth-order valence-corrected chi connectivity index (χ4v) is 5.23. The predicted molar refractivity (Wildman–Crippen MR) is 146 cm³/mol. The molecule has 0 radical (unpaired) electrons. The van der Waals surface area contributed by atoms with Crippen molar-refractivity contribution in [3.05, 3.63) is 123 Å². The summed E-state index contributed by atoms with van der Waals surface area (Å²) in [5.74, 6) is 0.795. The summed E-state index contributed by atoms with van der Waals surface area (Å²) in [6.45, 7) is 4.32. The molecule has 0 bridgehead atoms. The Hall–Kier alpha value is -3.37. The summed E-state index contributed by atoms with van der Waals surface area (Å²) in [4.78, 5) is 14.1. The number of rotatable bonds is 4. The summed E-state index contributed by atoms with van der Waals surface area (Å²) < 4.78 is 6.36. The minimum atomic E-state index is -0.300. The highest BCUT2D eigenvalue weighted by molar-refractivity contribution is 9.10. The van der Waals surface area contributed by atoms with Crippen LogP contribution in [0.1, 0.15) is 42.9 Å². The standard InChI is InChI=1S/C31H28BrNO2/c1-31(2)19-28-29(30(34)26(31)17-20-7-5-4-6-8-20)25(21-9-13-23(32)14-10-21)18-27(33-28)22-11-15-24(35-3)16-12-22/h4-18,25,33H,19H2,1-3H3/b26-17+. The van der Waals surface area contributed by atoms with E-state index in [0.717, 1.165) is 55.9 Å². The average Bonchev–Trinajstić information content (AvgIpc) is 2.86. The van der Waals surface area contributed by atoms with Crippen molar-refractivity contribution < 1.29 is 9.53 Å². The molecule has 3 aromatic carbocycles. The SMILES string of the molecule is COc1ccc(C2=CC(c3ccc(Br)cc3)C3=C(CC(C)(C)/C(=C/c4ccccc4)C3=O)N2)cc1. The summed E-state index contributed by atoms with van der Waals surface area (Å²) in [5, 5.41) is 3.63. The number of Topliss-reactive ketones (excluding diaryl/α,β-unsaturated/α-hetero) is 1. The van der Waals surface area contributed by atoms with E-state index >= 15 is 0 Å². The molecule has 4 heteroatoms. The first kappa shape index (κ1) is 23.4. The van der Waals surface area contributed by atoms with E-state index in [4.69, 9.17) is 4.74 Å². The molecule has 1 N–H and O–H groups in total. The van der Waals surface area contributed by atoms with Gasteiger partial charge in [0.2, 0.25) is 0 Å². The van der Waals surface area contributed by atoms with Crippen molar-refractivity contribution in [3.8, 4) is 5.75 Å². The number of allylic oxidation sites excluding steroid dienone is 4. The fraction of sp³-hybridized carbons (Fsp3) is 0.194. The molecule has 1 aliphatic heterocycles. The lowest BCUT2D eigenvalue weighted by molar-refractivity contribution is -0.113. The maximum Gasteiger partial charge on any atom is 0.188 e. The zero-order valence-electron chi connectivity index (χ0n) is 20.1. The molecule has 35 heavy (non-hydrogen) atoms. The lowest BCUT2D eigenvalue weighted by Gasteiger charge is -2.40. The fourth-order valence-electron chi connectivity index (χ4n) is 4.97. The van der Waals surface area contributed by atoms with Crippen LogP contribution in [0.15, 0.2) is 106 Å². The van der Waals surface area contributed by atoms with Gasteiger partial charge in [0.1, 0.15) is 5.75 Å². The number of hydrogen-bond acceptors (Lipinski definition) is 3. The summed E-state index contributed by atoms with van der Waals surface area (Å²) in [6.07, 6.45) is 5.00. The highest BCUT2D eigenvalue weighted by Crippen LogP contribution is 2.48. The number of carbonyl (C=O) groups excluding carboxylic acids is 1. The van der Waals surface area contributed by atoms with Gasteiger partial charge in [-0.05, 0) is 77.1 Å². The zero-order valence-corrected chi connectivity index (χ0v) is 21.7. The number of nitrogens with one attached hydrogen (secondary N) is 1. The number of halogens is 1. The second-order valence-electron chi connectivity index (χ2n) is 9.71. The van der Waals surface area contributed by atoms with Crippen molar-refractivity contribution in [2.24, 2.45) is 5.41 Å². The highest BCUT2D eigenvalue weighted by atomic mass is 79.9. The smallest absolute Gasteiger partial charge is 0.188 e. The summed E-state index contributed by atoms with van der Waals surface area (Å²) in [5.41, 5.74) is 6.62. The minimum Gasteiger partial charge on any atom is -0.497 e. The van der Waals surface area contributed by atoms with Crippen molar-refractivity contribution in [1.82, 2.24) is 5.32 Å². The largest absolute Gasteiger partial charge is 0.497 e. The molecule has 3 nitrogen and oxygen atoms in total. The third-order valence-electron chi connectivity index (χ3n) is 6.83. The summed E-state index contributed by atoms with van der Waals surface area (Å²) in [7, 11) is 1.67. The quantitative estimate of drug-likeness (QED) is 0.358. The molecule has 1 atom stereocenters. The average molecular weight is 526 g/mol. The van der Waals surface area contributed by atoms with E-state index in [1.54, 1.807) is 7.11 Å². The number of dihydropyridines is 1. The molecule has 3 aromatic rings. The van der Waals surface area contributed by atoms with Gasteiger partial charge in [0.25, 0.3) is 0 Å². The molecule has 0 aromatic heterocycles. The Labute approximate surface area is 215 Å². The van der Waals surface area contributed by atoms with Gasteiger partial charge in [-0.15, -0.1) is 0 Å². The van der Waals surface area contributed by atoms with Crippen LogP contribution in [0.5, 0.6) is 5.75 Å². The van der Waals surface area contributed by atoms with Gasteiger partial charge in [-0.2, -0.15) is 0 Å². The van der Waals surface area contributed by atoms with Gasteiger partial charge in [0.15, 0.2) is 5.78 Å². The van der Waals surface area contributed by atoms with Crippen molar-refractivity contribution in [1.29, 1.82) is 0 Å². The van der Waals surface area contributed by atoms with E-state index in [9.17, 15) is 4.79 Å². The molecule has 0 spiro atoms. The Balaban J connectivity index is 1.63. The molecular formula is C31H28BrNO2. The molecule has 1 unspecified atom stereocenters. The summed E-state index contributed by atoms with van der Waals surface area (Å²) in [6, 6.07) is 26.4. The first-order valence-electron chi connectivity index (χ1n) is 11.8. The Bertz CT molecular complexity index is 1350.